The Kier molecular flexibility index (Phi) is 27.3. The van der Waals surface area contributed by atoms with Crippen LogP contribution in [0.5, 0.6) is 0 Å². The number of hydrogen-bond donors (Lipinski definition) is 1. The predicted octanol–water partition coefficient (Wildman–Crippen LogP) is 10.3. The fourth-order valence-corrected chi connectivity index (χ4v) is 4.23. The summed E-state index contributed by atoms with van der Waals surface area (Å²) in [6, 6.07) is 0. The minimum Gasteiger partial charge on any atom is -0.481 e. The number of esters is 1. The van der Waals surface area contributed by atoms with Gasteiger partial charge in [0.25, 0.3) is 0 Å². The molecular weight excluding hydrogens is 460 g/mol. The van der Waals surface area contributed by atoms with Gasteiger partial charge in [-0.1, -0.05) is 108 Å². The number of carbonyl (C=O) groups excluding carboxylic acids is 1. The maximum atomic E-state index is 12.4. The Balaban J connectivity index is 4.10. The molecule has 0 aliphatic rings. The summed E-state index contributed by atoms with van der Waals surface area (Å²) in [5, 5.41) is 8.76. The SMILES string of the molecule is CCCC/C=C\C/C=C\C(CCCCCCC(=O)O)OC(=O)CCCCCCC/C=C\CCCCCC. The van der Waals surface area contributed by atoms with Crippen molar-refractivity contribution in [2.75, 3.05) is 0 Å². The molecule has 0 aromatic carbocycles. The van der Waals surface area contributed by atoms with Crippen molar-refractivity contribution in [3.8, 4) is 0 Å². The monoisotopic (exact) mass is 518 g/mol. The molecule has 0 aromatic heterocycles. The third-order valence-electron chi connectivity index (χ3n) is 6.57. The second kappa shape index (κ2) is 28.7. The van der Waals surface area contributed by atoms with Crippen LogP contribution in [-0.4, -0.2) is 23.1 Å². The lowest BCUT2D eigenvalue weighted by Crippen LogP contribution is -2.16. The summed E-state index contributed by atoms with van der Waals surface area (Å²) in [5.41, 5.74) is 0. The predicted molar refractivity (Wildman–Crippen MR) is 158 cm³/mol. The molecule has 0 saturated carbocycles. The Hall–Kier alpha value is -1.84. The average molecular weight is 519 g/mol. The van der Waals surface area contributed by atoms with Crippen LogP contribution in [-0.2, 0) is 14.3 Å². The van der Waals surface area contributed by atoms with E-state index in [1.807, 2.05) is 6.08 Å². The zero-order valence-corrected chi connectivity index (χ0v) is 24.3. The first kappa shape index (κ1) is 35.2. The molecule has 0 fully saturated rings. The standard InChI is InChI=1S/C33H58O4/c1-3-5-7-9-11-12-13-14-15-16-18-20-26-30-33(36)37-31(27-23-19-17-10-8-6-4-2)28-24-21-22-25-29-32(34)35/h10,12-13,17,23,27,31H,3-9,11,14-16,18-22,24-26,28-30H2,1-2H3,(H,34,35)/b13-12-,17-10-,27-23-. The van der Waals surface area contributed by atoms with Gasteiger partial charge in [0, 0.05) is 12.8 Å². The number of allylic oxidation sites excluding steroid dienone is 5. The van der Waals surface area contributed by atoms with Crippen LogP contribution in [0.1, 0.15) is 155 Å². The molecular formula is C33H58O4. The van der Waals surface area contributed by atoms with Gasteiger partial charge in [-0.2, -0.15) is 0 Å². The first-order valence-corrected chi connectivity index (χ1v) is 15.5. The molecule has 0 aliphatic heterocycles. The van der Waals surface area contributed by atoms with Crippen LogP contribution in [0.3, 0.4) is 0 Å². The molecule has 214 valence electrons. The van der Waals surface area contributed by atoms with Crippen molar-refractivity contribution in [2.45, 2.75) is 161 Å². The van der Waals surface area contributed by atoms with Gasteiger partial charge in [-0.15, -0.1) is 0 Å². The molecule has 0 saturated heterocycles. The summed E-state index contributed by atoms with van der Waals surface area (Å²) in [6.45, 7) is 4.45. The van der Waals surface area contributed by atoms with Gasteiger partial charge in [0.15, 0.2) is 0 Å². The normalized spacial score (nSPS) is 12.7. The molecule has 0 radical (unpaired) electrons. The van der Waals surface area contributed by atoms with E-state index in [2.05, 4.69) is 44.2 Å². The zero-order chi connectivity index (χ0) is 27.2. The van der Waals surface area contributed by atoms with Crippen molar-refractivity contribution < 1.29 is 19.4 Å². The molecule has 0 aliphatic carbocycles. The van der Waals surface area contributed by atoms with Crippen molar-refractivity contribution in [1.29, 1.82) is 0 Å². The maximum absolute atomic E-state index is 12.4. The topological polar surface area (TPSA) is 63.6 Å². The van der Waals surface area contributed by atoms with Crippen molar-refractivity contribution in [3.63, 3.8) is 0 Å². The molecule has 0 aromatic rings. The summed E-state index contributed by atoms with van der Waals surface area (Å²) in [7, 11) is 0. The highest BCUT2D eigenvalue weighted by Crippen LogP contribution is 2.14. The van der Waals surface area contributed by atoms with Crippen LogP contribution in [0, 0.1) is 0 Å². The molecule has 0 bridgehead atoms. The van der Waals surface area contributed by atoms with Crippen molar-refractivity contribution >= 4 is 11.9 Å². The fourth-order valence-electron chi connectivity index (χ4n) is 4.23. The minimum absolute atomic E-state index is 0.0926. The third kappa shape index (κ3) is 28.6. The van der Waals surface area contributed by atoms with E-state index >= 15 is 0 Å². The van der Waals surface area contributed by atoms with Crippen molar-refractivity contribution in [1.82, 2.24) is 0 Å². The van der Waals surface area contributed by atoms with Gasteiger partial charge in [-0.05, 0) is 70.3 Å². The summed E-state index contributed by atoms with van der Waals surface area (Å²) in [5.74, 6) is -0.822. The molecule has 37 heavy (non-hydrogen) atoms. The van der Waals surface area contributed by atoms with E-state index in [1.165, 1.54) is 70.6 Å². The van der Waals surface area contributed by atoms with Gasteiger partial charge in [0.2, 0.25) is 0 Å². The zero-order valence-electron chi connectivity index (χ0n) is 24.3. The second-order valence-electron chi connectivity index (χ2n) is 10.3. The second-order valence-corrected chi connectivity index (χ2v) is 10.3. The quantitative estimate of drug-likeness (QED) is 0.0667. The molecule has 4 heteroatoms. The van der Waals surface area contributed by atoms with E-state index in [4.69, 9.17) is 9.84 Å². The van der Waals surface area contributed by atoms with E-state index in [9.17, 15) is 9.59 Å². The molecule has 1 unspecified atom stereocenters. The van der Waals surface area contributed by atoms with Crippen LogP contribution in [0.25, 0.3) is 0 Å². The highest BCUT2D eigenvalue weighted by atomic mass is 16.5. The van der Waals surface area contributed by atoms with Crippen molar-refractivity contribution in [2.24, 2.45) is 0 Å². The Morgan fingerprint density at radius 2 is 1.16 bits per heavy atom. The Morgan fingerprint density at radius 3 is 1.84 bits per heavy atom. The number of carbonyl (C=O) groups is 2. The summed E-state index contributed by atoms with van der Waals surface area (Å²) in [6.07, 6.45) is 35.9. The highest BCUT2D eigenvalue weighted by molar-refractivity contribution is 5.69. The number of carboxylic acid groups (broad SMARTS) is 1. The Morgan fingerprint density at radius 1 is 0.622 bits per heavy atom. The van der Waals surface area contributed by atoms with Gasteiger partial charge in [-0.3, -0.25) is 9.59 Å². The third-order valence-corrected chi connectivity index (χ3v) is 6.57. The summed E-state index contributed by atoms with van der Waals surface area (Å²) in [4.78, 5) is 23.1. The van der Waals surface area contributed by atoms with E-state index in [1.54, 1.807) is 0 Å². The molecule has 0 spiro atoms. The lowest BCUT2D eigenvalue weighted by atomic mass is 10.1. The molecule has 1 atom stereocenters. The lowest BCUT2D eigenvalue weighted by Gasteiger charge is -2.14. The molecule has 0 amide bonds. The Labute approximate surface area is 229 Å². The van der Waals surface area contributed by atoms with Crippen LogP contribution in [0.4, 0.5) is 0 Å². The van der Waals surface area contributed by atoms with Gasteiger partial charge in [0.1, 0.15) is 6.10 Å². The number of aliphatic carboxylic acids is 1. The lowest BCUT2D eigenvalue weighted by molar-refractivity contribution is -0.147. The van der Waals surface area contributed by atoms with Crippen LogP contribution in [0.2, 0.25) is 0 Å². The van der Waals surface area contributed by atoms with E-state index < -0.39 is 5.97 Å². The number of hydrogen-bond acceptors (Lipinski definition) is 3. The fraction of sp³-hybridized carbons (Fsp3) is 0.758. The largest absolute Gasteiger partial charge is 0.481 e. The van der Waals surface area contributed by atoms with E-state index in [0.29, 0.717) is 12.8 Å². The van der Waals surface area contributed by atoms with Crippen molar-refractivity contribution in [3.05, 3.63) is 36.5 Å². The van der Waals surface area contributed by atoms with Gasteiger partial charge in [0.05, 0.1) is 0 Å². The van der Waals surface area contributed by atoms with Crippen LogP contribution < -0.4 is 0 Å². The average Bonchev–Trinajstić information content (AvgIpc) is 2.87. The van der Waals surface area contributed by atoms with Gasteiger partial charge < -0.3 is 9.84 Å². The molecule has 4 nitrogen and oxygen atoms in total. The number of carboxylic acids is 1. The summed E-state index contributed by atoms with van der Waals surface area (Å²) < 4.78 is 5.79. The number of unbranched alkanes of at least 4 members (excludes halogenated alkanes) is 14. The minimum atomic E-state index is -0.730. The van der Waals surface area contributed by atoms with Crippen LogP contribution in [0.15, 0.2) is 36.5 Å². The first-order valence-electron chi connectivity index (χ1n) is 15.5. The first-order chi connectivity index (χ1) is 18.1. The van der Waals surface area contributed by atoms with Gasteiger partial charge >= 0.3 is 11.9 Å². The molecule has 0 heterocycles. The smallest absolute Gasteiger partial charge is 0.306 e. The Bertz CT molecular complexity index is 605. The number of rotatable bonds is 27. The molecule has 1 N–H and O–H groups in total. The van der Waals surface area contributed by atoms with Gasteiger partial charge in [-0.25, -0.2) is 0 Å². The van der Waals surface area contributed by atoms with E-state index in [-0.39, 0.29) is 18.5 Å². The van der Waals surface area contributed by atoms with E-state index in [0.717, 1.165) is 51.4 Å². The number of ether oxygens (including phenoxy) is 1. The van der Waals surface area contributed by atoms with Crippen LogP contribution >= 0.6 is 0 Å². The molecule has 0 rings (SSSR count). The highest BCUT2D eigenvalue weighted by Gasteiger charge is 2.11. The maximum Gasteiger partial charge on any atom is 0.306 e. The summed E-state index contributed by atoms with van der Waals surface area (Å²) >= 11 is 0.